The summed E-state index contributed by atoms with van der Waals surface area (Å²) < 4.78 is 40.1. The summed E-state index contributed by atoms with van der Waals surface area (Å²) in [7, 11) is 6.39. The molecule has 0 saturated heterocycles. The van der Waals surface area contributed by atoms with Gasteiger partial charge in [0.1, 0.15) is 22.9 Å². The number of aromatic nitrogens is 8. The summed E-state index contributed by atoms with van der Waals surface area (Å²) in [5, 5.41) is 35.4. The van der Waals surface area contributed by atoms with Gasteiger partial charge in [0.25, 0.3) is 0 Å². The molecule has 3 N–H and O–H groups in total. The molecule has 0 aliphatic heterocycles. The minimum Gasteiger partial charge on any atom is -0.494 e. The van der Waals surface area contributed by atoms with Crippen LogP contribution in [0.2, 0.25) is 5.28 Å². The standard InChI is InChI=1S/C19H15FN6O3.C12H9ClN4.C7H7FN2O3/c1-25-15-6-4-3-5-11(15)18(24-25)13-7-8-21-19(22-13)23-14-10-16(26(27)28)12(20)9-17(14)29-2;1-17-10-5-3-2-4-8(10)11(16-17)9-6-7-14-12(13)15-9;1-13-7-2-4(8)6(10(11)12)3-5(7)9/h3-10H,1-2H3,(H,21,22,23);2-7H,1H3;2-3H,9H2,1H3. The van der Waals surface area contributed by atoms with E-state index in [4.69, 9.17) is 22.1 Å². The number of hydrogen-bond acceptors (Lipinski definition) is 14. The Hall–Kier alpha value is -7.87. The molecule has 0 spiro atoms. The fraction of sp³-hybridized carbons (Fsp3) is 0.105. The SMILES string of the molecule is COc1cc(F)c([N+](=O)[O-])cc1N.COc1cc(F)c([N+](=O)[O-])cc1Nc1nccc(-c2nn(C)c3ccccc23)n1.Cn1nc(-c2ccnc(Cl)n2)c2ccccc21. The second-order valence-electron chi connectivity index (χ2n) is 12.1. The van der Waals surface area contributed by atoms with Crippen molar-refractivity contribution >= 4 is 62.1 Å². The van der Waals surface area contributed by atoms with Crippen LogP contribution in [-0.2, 0) is 14.1 Å². The third-order valence-electron chi connectivity index (χ3n) is 8.49. The van der Waals surface area contributed by atoms with Crippen molar-refractivity contribution in [2.75, 3.05) is 25.3 Å². The van der Waals surface area contributed by atoms with Crippen molar-refractivity contribution in [2.45, 2.75) is 0 Å². The lowest BCUT2D eigenvalue weighted by atomic mass is 10.1. The number of benzene rings is 4. The molecule has 0 amide bonds. The highest BCUT2D eigenvalue weighted by Crippen LogP contribution is 2.34. The van der Waals surface area contributed by atoms with Crippen LogP contribution in [0, 0.1) is 31.9 Å². The van der Waals surface area contributed by atoms with Gasteiger partial charge in [-0.25, -0.2) is 19.9 Å². The molecule has 18 nitrogen and oxygen atoms in total. The zero-order valence-electron chi connectivity index (χ0n) is 31.4. The van der Waals surface area contributed by atoms with Gasteiger partial charge >= 0.3 is 11.4 Å². The molecule has 8 aromatic rings. The predicted molar refractivity (Wildman–Crippen MR) is 215 cm³/mol. The average molecular weight is 825 g/mol. The van der Waals surface area contributed by atoms with E-state index in [0.717, 1.165) is 57.5 Å². The van der Waals surface area contributed by atoms with Gasteiger partial charge in [0, 0.05) is 61.5 Å². The Kier molecular flexibility index (Phi) is 12.1. The molecule has 8 rings (SSSR count). The van der Waals surface area contributed by atoms with Gasteiger partial charge in [-0.3, -0.25) is 29.6 Å². The first kappa shape index (κ1) is 40.8. The van der Waals surface area contributed by atoms with E-state index in [1.165, 1.54) is 14.2 Å². The fourth-order valence-electron chi connectivity index (χ4n) is 5.77. The van der Waals surface area contributed by atoms with Gasteiger partial charge in [-0.15, -0.1) is 0 Å². The number of hydrogen-bond donors (Lipinski definition) is 2. The summed E-state index contributed by atoms with van der Waals surface area (Å²) in [6, 6.07) is 23.1. The molecule has 0 saturated carbocycles. The van der Waals surface area contributed by atoms with Crippen LogP contribution in [0.5, 0.6) is 11.5 Å². The van der Waals surface area contributed by atoms with Gasteiger partial charge in [0.05, 0.1) is 57.9 Å². The number of ether oxygens (including phenoxy) is 2. The first-order valence-electron chi connectivity index (χ1n) is 17.0. The van der Waals surface area contributed by atoms with E-state index in [1.54, 1.807) is 29.2 Å². The number of methoxy groups -OCH3 is 2. The van der Waals surface area contributed by atoms with Crippen LogP contribution >= 0.6 is 11.6 Å². The van der Waals surface area contributed by atoms with Crippen molar-refractivity contribution in [3.05, 3.63) is 134 Å². The van der Waals surface area contributed by atoms with Crippen LogP contribution in [-0.4, -0.2) is 63.6 Å². The Morgan fingerprint density at radius 1 is 0.712 bits per heavy atom. The zero-order valence-corrected chi connectivity index (χ0v) is 32.1. The van der Waals surface area contributed by atoms with Gasteiger partial charge in [-0.1, -0.05) is 36.4 Å². The van der Waals surface area contributed by atoms with E-state index < -0.39 is 32.9 Å². The summed E-state index contributed by atoms with van der Waals surface area (Å²) >= 11 is 5.80. The molecule has 59 heavy (non-hydrogen) atoms. The van der Waals surface area contributed by atoms with E-state index in [-0.39, 0.29) is 34.1 Å². The lowest BCUT2D eigenvalue weighted by Crippen LogP contribution is -2.02. The topological polar surface area (TPSA) is 230 Å². The molecule has 0 aliphatic carbocycles. The Bertz CT molecular complexity index is 2860. The second-order valence-corrected chi connectivity index (χ2v) is 12.5. The van der Waals surface area contributed by atoms with Crippen LogP contribution in [0.1, 0.15) is 0 Å². The number of nitro groups is 2. The number of nitrogens with two attached hydrogens (primary N) is 1. The summed E-state index contributed by atoms with van der Waals surface area (Å²) in [5.74, 6) is -1.62. The van der Waals surface area contributed by atoms with E-state index in [1.807, 2.05) is 67.3 Å². The molecule has 4 aromatic heterocycles. The van der Waals surface area contributed by atoms with Gasteiger partial charge in [-0.05, 0) is 35.9 Å². The number of nitro benzene ring substituents is 2. The number of aryl methyl sites for hydroxylation is 2. The molecular weight excluding hydrogens is 794 g/mol. The number of halogens is 3. The zero-order chi connectivity index (χ0) is 42.4. The quantitative estimate of drug-likeness (QED) is 0.0644. The highest BCUT2D eigenvalue weighted by atomic mass is 35.5. The molecule has 0 atom stereocenters. The Labute approximate surface area is 337 Å². The maximum atomic E-state index is 13.9. The van der Waals surface area contributed by atoms with Gasteiger partial charge < -0.3 is 20.5 Å². The van der Waals surface area contributed by atoms with Gasteiger partial charge in [-0.2, -0.15) is 19.0 Å². The summed E-state index contributed by atoms with van der Waals surface area (Å²) in [5.41, 5.74) is 9.03. The average Bonchev–Trinajstić information content (AvgIpc) is 3.75. The lowest BCUT2D eigenvalue weighted by molar-refractivity contribution is -0.387. The van der Waals surface area contributed by atoms with Crippen molar-refractivity contribution in [3.63, 3.8) is 0 Å². The lowest BCUT2D eigenvalue weighted by Gasteiger charge is -2.10. The third kappa shape index (κ3) is 8.92. The fourth-order valence-corrected chi connectivity index (χ4v) is 5.92. The molecule has 21 heteroatoms. The highest BCUT2D eigenvalue weighted by Gasteiger charge is 2.21. The number of nitrogens with one attached hydrogen (secondary N) is 1. The molecule has 0 unspecified atom stereocenters. The Balaban J connectivity index is 0.000000165. The normalized spacial score (nSPS) is 10.6. The first-order valence-corrected chi connectivity index (χ1v) is 17.4. The molecule has 0 radical (unpaired) electrons. The van der Waals surface area contributed by atoms with Crippen molar-refractivity contribution < 1.29 is 28.1 Å². The largest absolute Gasteiger partial charge is 0.494 e. The molecule has 0 aliphatic rings. The van der Waals surface area contributed by atoms with Crippen LogP contribution in [0.4, 0.5) is 37.5 Å². The summed E-state index contributed by atoms with van der Waals surface area (Å²) in [4.78, 5) is 36.3. The maximum Gasteiger partial charge on any atom is 0.307 e. The summed E-state index contributed by atoms with van der Waals surface area (Å²) in [6.45, 7) is 0. The van der Waals surface area contributed by atoms with Crippen LogP contribution in [0.3, 0.4) is 0 Å². The van der Waals surface area contributed by atoms with E-state index in [9.17, 15) is 29.0 Å². The number of nitrogen functional groups attached to an aromatic ring is 1. The Morgan fingerprint density at radius 3 is 1.73 bits per heavy atom. The molecular formula is C38H31ClF2N12O6. The van der Waals surface area contributed by atoms with E-state index >= 15 is 0 Å². The number of anilines is 3. The maximum absolute atomic E-state index is 13.9. The highest BCUT2D eigenvalue weighted by molar-refractivity contribution is 6.28. The number of rotatable bonds is 8. The van der Waals surface area contributed by atoms with E-state index in [0.29, 0.717) is 11.4 Å². The van der Waals surface area contributed by atoms with E-state index in [2.05, 4.69) is 40.2 Å². The minimum atomic E-state index is -0.993. The second kappa shape index (κ2) is 17.5. The number of nitrogens with zero attached hydrogens (tertiary/aromatic N) is 10. The molecule has 4 aromatic carbocycles. The third-order valence-corrected chi connectivity index (χ3v) is 8.67. The molecule has 0 fully saturated rings. The van der Waals surface area contributed by atoms with Crippen LogP contribution in [0.25, 0.3) is 44.6 Å². The smallest absolute Gasteiger partial charge is 0.307 e. The van der Waals surface area contributed by atoms with Crippen LogP contribution in [0.15, 0.2) is 97.3 Å². The molecule has 4 heterocycles. The predicted octanol–water partition coefficient (Wildman–Crippen LogP) is 7.84. The van der Waals surface area contributed by atoms with Gasteiger partial charge in [0.15, 0.2) is 0 Å². The Morgan fingerprint density at radius 2 is 1.20 bits per heavy atom. The number of fused-ring (bicyclic) bond motifs is 2. The van der Waals surface area contributed by atoms with Crippen molar-refractivity contribution in [1.82, 2.24) is 39.5 Å². The van der Waals surface area contributed by atoms with Gasteiger partial charge in [0.2, 0.25) is 22.9 Å². The van der Waals surface area contributed by atoms with Crippen molar-refractivity contribution in [3.8, 4) is 34.3 Å². The molecule has 300 valence electrons. The van der Waals surface area contributed by atoms with Crippen molar-refractivity contribution in [2.24, 2.45) is 14.1 Å². The minimum absolute atomic E-state index is 0.0376. The monoisotopic (exact) mass is 824 g/mol. The molecule has 0 bridgehead atoms. The number of para-hydroxylation sites is 2. The first-order chi connectivity index (χ1) is 28.3. The van der Waals surface area contributed by atoms with Crippen molar-refractivity contribution in [1.29, 1.82) is 0 Å². The van der Waals surface area contributed by atoms with Crippen LogP contribution < -0.4 is 20.5 Å². The summed E-state index contributed by atoms with van der Waals surface area (Å²) in [6.07, 6.45) is 3.17.